The van der Waals surface area contributed by atoms with Gasteiger partial charge in [-0.2, -0.15) is 0 Å². The predicted molar refractivity (Wildman–Crippen MR) is 64.9 cm³/mol. The van der Waals surface area contributed by atoms with Crippen LogP contribution in [-0.2, 0) is 9.53 Å². The van der Waals surface area contributed by atoms with Crippen molar-refractivity contribution in [2.45, 2.75) is 26.1 Å². The molecule has 0 saturated carbocycles. The number of aliphatic hydroxyl groups excluding tert-OH is 1. The average Bonchev–Trinajstić information content (AvgIpc) is 2.57. The smallest absolute Gasteiger partial charge is 0.247 e. The minimum absolute atomic E-state index is 0.0848. The summed E-state index contributed by atoms with van der Waals surface area (Å²) in [5.74, 6) is -0.551. The van der Waals surface area contributed by atoms with Crippen molar-refractivity contribution < 1.29 is 19.4 Å². The Morgan fingerprint density at radius 1 is 1.33 bits per heavy atom. The largest absolute Gasteiger partial charge is 0.501 e. The lowest BCUT2D eigenvalue weighted by atomic mass is 10.1. The molecule has 5 heteroatoms. The van der Waals surface area contributed by atoms with Gasteiger partial charge in [0.1, 0.15) is 5.75 Å². The summed E-state index contributed by atoms with van der Waals surface area (Å²) in [7, 11) is 0. The third-order valence-electron chi connectivity index (χ3n) is 2.50. The summed E-state index contributed by atoms with van der Waals surface area (Å²) in [5, 5.41) is 9.33. The Labute approximate surface area is 105 Å². The van der Waals surface area contributed by atoms with Crippen LogP contribution < -0.4 is 10.5 Å². The van der Waals surface area contributed by atoms with E-state index in [0.717, 1.165) is 0 Å². The van der Waals surface area contributed by atoms with Gasteiger partial charge in [0, 0.05) is 5.56 Å². The van der Waals surface area contributed by atoms with E-state index >= 15 is 0 Å². The van der Waals surface area contributed by atoms with Gasteiger partial charge in [-0.25, -0.2) is 0 Å². The maximum absolute atomic E-state index is 11.6. The van der Waals surface area contributed by atoms with Crippen molar-refractivity contribution in [1.29, 1.82) is 0 Å². The third kappa shape index (κ3) is 2.25. The molecule has 5 nitrogen and oxygen atoms in total. The molecular formula is C13H15NO4. The zero-order valence-electron chi connectivity index (χ0n) is 10.2. The van der Waals surface area contributed by atoms with Crippen LogP contribution in [0.2, 0.25) is 0 Å². The molecule has 18 heavy (non-hydrogen) atoms. The van der Waals surface area contributed by atoms with Gasteiger partial charge in [-0.1, -0.05) is 12.1 Å². The van der Waals surface area contributed by atoms with Crippen molar-refractivity contribution in [1.82, 2.24) is 0 Å². The molecule has 0 fully saturated rings. The first-order valence-corrected chi connectivity index (χ1v) is 5.65. The van der Waals surface area contributed by atoms with Crippen molar-refractivity contribution in [3.05, 3.63) is 41.5 Å². The van der Waals surface area contributed by atoms with Gasteiger partial charge in [-0.3, -0.25) is 4.79 Å². The summed E-state index contributed by atoms with van der Waals surface area (Å²) >= 11 is 0. The number of hydrogen-bond acceptors (Lipinski definition) is 5. The molecule has 0 unspecified atom stereocenters. The Kier molecular flexibility index (Phi) is 3.14. The molecule has 1 aliphatic rings. The van der Waals surface area contributed by atoms with Crippen molar-refractivity contribution in [2.75, 3.05) is 0 Å². The second kappa shape index (κ2) is 4.60. The molecule has 3 N–H and O–H groups in total. The van der Waals surface area contributed by atoms with Crippen LogP contribution in [0.3, 0.4) is 0 Å². The molecule has 1 heterocycles. The van der Waals surface area contributed by atoms with E-state index in [9.17, 15) is 9.90 Å². The first-order chi connectivity index (χ1) is 8.49. The predicted octanol–water partition coefficient (Wildman–Crippen LogP) is 1.80. The highest BCUT2D eigenvalue weighted by molar-refractivity contribution is 5.99. The number of ether oxygens (including phenoxy) is 2. The Bertz CT molecular complexity index is 490. The van der Waals surface area contributed by atoms with Crippen molar-refractivity contribution in [2.24, 2.45) is 5.73 Å². The van der Waals surface area contributed by atoms with Crippen LogP contribution in [0.4, 0.5) is 0 Å². The Morgan fingerprint density at radius 2 is 1.94 bits per heavy atom. The summed E-state index contributed by atoms with van der Waals surface area (Å²) in [6, 6.07) is 6.92. The SMILES string of the molecule is CC(C)Oc1ccc([C@@H]2OC(N)=C(O)C2=O)cc1. The highest BCUT2D eigenvalue weighted by Gasteiger charge is 2.35. The molecule has 0 spiro atoms. The normalized spacial score (nSPS) is 19.3. The fourth-order valence-corrected chi connectivity index (χ4v) is 1.69. The molecule has 0 aromatic heterocycles. The van der Waals surface area contributed by atoms with Crippen LogP contribution in [0, 0.1) is 0 Å². The summed E-state index contributed by atoms with van der Waals surface area (Å²) in [6.07, 6.45) is -0.778. The molecule has 1 atom stereocenters. The molecule has 2 rings (SSSR count). The van der Waals surface area contributed by atoms with Crippen molar-refractivity contribution >= 4 is 5.78 Å². The molecule has 0 bridgehead atoms. The fourth-order valence-electron chi connectivity index (χ4n) is 1.69. The van der Waals surface area contributed by atoms with E-state index < -0.39 is 17.6 Å². The first kappa shape index (κ1) is 12.3. The lowest BCUT2D eigenvalue weighted by Crippen LogP contribution is -2.10. The molecule has 0 saturated heterocycles. The minimum atomic E-state index is -0.863. The van der Waals surface area contributed by atoms with E-state index in [-0.39, 0.29) is 12.0 Å². The summed E-state index contributed by atoms with van der Waals surface area (Å²) in [6.45, 7) is 3.86. The van der Waals surface area contributed by atoms with Gasteiger partial charge in [0.05, 0.1) is 6.10 Å². The summed E-state index contributed by atoms with van der Waals surface area (Å²) < 4.78 is 10.6. The molecule has 96 valence electrons. The molecule has 0 radical (unpaired) electrons. The molecule has 1 aromatic rings. The molecule has 1 aliphatic heterocycles. The summed E-state index contributed by atoms with van der Waals surface area (Å²) in [5.41, 5.74) is 5.98. The van der Waals surface area contributed by atoms with Crippen molar-refractivity contribution in [3.63, 3.8) is 0 Å². The van der Waals surface area contributed by atoms with Crippen LogP contribution in [0.15, 0.2) is 35.9 Å². The highest BCUT2D eigenvalue weighted by atomic mass is 16.5. The topological polar surface area (TPSA) is 81.8 Å². The highest BCUT2D eigenvalue weighted by Crippen LogP contribution is 2.30. The van der Waals surface area contributed by atoms with E-state index in [2.05, 4.69) is 0 Å². The average molecular weight is 249 g/mol. The molecular weight excluding hydrogens is 234 g/mol. The van der Waals surface area contributed by atoms with Crippen LogP contribution in [0.1, 0.15) is 25.5 Å². The van der Waals surface area contributed by atoms with Gasteiger partial charge in [-0.05, 0) is 26.0 Å². The van der Waals surface area contributed by atoms with Gasteiger partial charge >= 0.3 is 0 Å². The number of aliphatic hydroxyl groups is 1. The number of nitrogens with two attached hydrogens (primary N) is 1. The molecule has 1 aromatic carbocycles. The number of ketones is 1. The standard InChI is InChI=1S/C13H15NO4/c1-7(2)17-9-5-3-8(4-6-9)12-10(15)11(16)13(14)18-12/h3-7,12,16H,14H2,1-2H3/t12-/m0/s1. The van der Waals surface area contributed by atoms with Crippen LogP contribution >= 0.6 is 0 Å². The van der Waals surface area contributed by atoms with Gasteiger partial charge in [0.25, 0.3) is 0 Å². The Hall–Kier alpha value is -2.17. The first-order valence-electron chi connectivity index (χ1n) is 5.65. The Morgan fingerprint density at radius 3 is 2.39 bits per heavy atom. The van der Waals surface area contributed by atoms with Crippen molar-refractivity contribution in [3.8, 4) is 5.75 Å². The van der Waals surface area contributed by atoms with Crippen LogP contribution in [0.25, 0.3) is 0 Å². The maximum Gasteiger partial charge on any atom is 0.247 e. The second-order valence-electron chi connectivity index (χ2n) is 4.31. The Balaban J connectivity index is 2.15. The lowest BCUT2D eigenvalue weighted by Gasteiger charge is -2.12. The zero-order valence-corrected chi connectivity index (χ0v) is 10.2. The number of carbonyl (C=O) groups is 1. The molecule has 0 aliphatic carbocycles. The van der Waals surface area contributed by atoms with E-state index in [1.807, 2.05) is 13.8 Å². The van der Waals surface area contributed by atoms with E-state index in [1.54, 1.807) is 24.3 Å². The van der Waals surface area contributed by atoms with Crippen LogP contribution in [-0.4, -0.2) is 17.0 Å². The monoisotopic (exact) mass is 249 g/mol. The number of Topliss-reactive ketones (excluding diaryl/α,β-unsaturated/α-hetero) is 1. The number of benzene rings is 1. The minimum Gasteiger partial charge on any atom is -0.501 e. The number of carbonyl (C=O) groups excluding carboxylic acids is 1. The number of hydrogen-bond donors (Lipinski definition) is 2. The van der Waals surface area contributed by atoms with Gasteiger partial charge in [0.2, 0.25) is 17.4 Å². The van der Waals surface area contributed by atoms with E-state index in [4.69, 9.17) is 15.2 Å². The van der Waals surface area contributed by atoms with E-state index in [0.29, 0.717) is 11.3 Å². The van der Waals surface area contributed by atoms with Gasteiger partial charge < -0.3 is 20.3 Å². The zero-order chi connectivity index (χ0) is 13.3. The molecule has 0 amide bonds. The quantitative estimate of drug-likeness (QED) is 0.853. The maximum atomic E-state index is 11.6. The number of rotatable bonds is 3. The van der Waals surface area contributed by atoms with E-state index in [1.165, 1.54) is 0 Å². The van der Waals surface area contributed by atoms with Gasteiger partial charge in [0.15, 0.2) is 6.10 Å². The third-order valence-corrected chi connectivity index (χ3v) is 2.50. The second-order valence-corrected chi connectivity index (χ2v) is 4.31. The summed E-state index contributed by atoms with van der Waals surface area (Å²) in [4.78, 5) is 11.6. The fraction of sp³-hybridized carbons (Fsp3) is 0.308. The lowest BCUT2D eigenvalue weighted by molar-refractivity contribution is -0.123. The van der Waals surface area contributed by atoms with Gasteiger partial charge in [-0.15, -0.1) is 0 Å². The van der Waals surface area contributed by atoms with Crippen LogP contribution in [0.5, 0.6) is 5.75 Å².